The summed E-state index contributed by atoms with van der Waals surface area (Å²) in [5.74, 6) is 0.365. The zero-order valence-corrected chi connectivity index (χ0v) is 15.1. The summed E-state index contributed by atoms with van der Waals surface area (Å²) in [6.07, 6.45) is 1.64. The summed E-state index contributed by atoms with van der Waals surface area (Å²) in [4.78, 5) is 27.0. The highest BCUT2D eigenvalue weighted by molar-refractivity contribution is 6.33. The van der Waals surface area contributed by atoms with Gasteiger partial charge in [-0.25, -0.2) is 4.98 Å². The van der Waals surface area contributed by atoms with Crippen LogP contribution in [0.15, 0.2) is 71.7 Å². The van der Waals surface area contributed by atoms with Crippen LogP contribution in [0.1, 0.15) is 0 Å². The molecule has 2 aromatic carbocycles. The van der Waals surface area contributed by atoms with Crippen LogP contribution in [0.4, 0.5) is 11.6 Å². The van der Waals surface area contributed by atoms with Crippen LogP contribution in [0.3, 0.4) is 0 Å². The van der Waals surface area contributed by atoms with Crippen LogP contribution in [0.2, 0.25) is 5.02 Å². The first-order chi connectivity index (χ1) is 13.2. The molecule has 2 heterocycles. The second-order valence-corrected chi connectivity index (χ2v) is 6.19. The number of nitrogens with zero attached hydrogens (tertiary/aromatic N) is 3. The van der Waals surface area contributed by atoms with Gasteiger partial charge in [0.2, 0.25) is 5.95 Å². The number of halogens is 1. The van der Waals surface area contributed by atoms with Crippen molar-refractivity contribution in [2.75, 3.05) is 12.4 Å². The monoisotopic (exact) mass is 378 g/mol. The molecule has 0 bridgehead atoms. The van der Waals surface area contributed by atoms with Gasteiger partial charge >= 0.3 is 0 Å². The maximum Gasteiger partial charge on any atom is 0.293 e. The summed E-state index contributed by atoms with van der Waals surface area (Å²) >= 11 is 6.26. The molecular weight excluding hydrogens is 364 g/mol. The van der Waals surface area contributed by atoms with Crippen molar-refractivity contribution in [1.29, 1.82) is 0 Å². The highest BCUT2D eigenvalue weighted by Crippen LogP contribution is 2.27. The molecule has 0 spiro atoms. The van der Waals surface area contributed by atoms with Crippen molar-refractivity contribution in [3.63, 3.8) is 0 Å². The highest BCUT2D eigenvalue weighted by Gasteiger charge is 2.15. The fourth-order valence-electron chi connectivity index (χ4n) is 2.82. The van der Waals surface area contributed by atoms with Crippen molar-refractivity contribution < 1.29 is 4.84 Å². The Morgan fingerprint density at radius 1 is 1.04 bits per heavy atom. The van der Waals surface area contributed by atoms with Crippen LogP contribution in [0.5, 0.6) is 0 Å². The summed E-state index contributed by atoms with van der Waals surface area (Å²) in [7, 11) is 1.42. The lowest BCUT2D eigenvalue weighted by atomic mass is 10.1. The molecule has 0 radical (unpaired) electrons. The number of anilines is 2. The lowest BCUT2D eigenvalue weighted by Crippen LogP contribution is -2.27. The lowest BCUT2D eigenvalue weighted by Gasteiger charge is -2.12. The SMILES string of the molecule is COn1c(=O)c(-c2ccccc2Cl)cc2cnc(Nc3ccccc3)nc21. The second kappa shape index (κ2) is 7.09. The molecular formula is C20H15ClN4O2. The molecule has 4 aromatic rings. The van der Waals surface area contributed by atoms with Gasteiger partial charge in [-0.3, -0.25) is 4.79 Å². The number of hydrogen-bond donors (Lipinski definition) is 1. The maximum atomic E-state index is 12.9. The summed E-state index contributed by atoms with van der Waals surface area (Å²) in [6, 6.07) is 18.4. The minimum Gasteiger partial charge on any atom is -0.412 e. The van der Waals surface area contributed by atoms with Crippen molar-refractivity contribution in [3.8, 4) is 11.1 Å². The first kappa shape index (κ1) is 17.1. The van der Waals surface area contributed by atoms with Gasteiger partial charge in [0.1, 0.15) is 7.11 Å². The van der Waals surface area contributed by atoms with Crippen molar-refractivity contribution in [1.82, 2.24) is 14.7 Å². The average molecular weight is 379 g/mol. The van der Waals surface area contributed by atoms with E-state index < -0.39 is 0 Å². The van der Waals surface area contributed by atoms with E-state index in [1.807, 2.05) is 42.5 Å². The Labute approximate surface area is 160 Å². The molecule has 2 aromatic heterocycles. The number of aromatic nitrogens is 3. The minimum absolute atomic E-state index is 0.345. The van der Waals surface area contributed by atoms with Gasteiger partial charge < -0.3 is 10.2 Å². The molecule has 0 aliphatic heterocycles. The first-order valence-corrected chi connectivity index (χ1v) is 8.59. The number of fused-ring (bicyclic) bond motifs is 1. The van der Waals surface area contributed by atoms with E-state index in [0.29, 0.717) is 33.1 Å². The Hall–Kier alpha value is -3.38. The number of para-hydroxylation sites is 1. The van der Waals surface area contributed by atoms with E-state index in [0.717, 1.165) is 10.4 Å². The third kappa shape index (κ3) is 3.22. The predicted molar refractivity (Wildman–Crippen MR) is 106 cm³/mol. The number of benzene rings is 2. The maximum absolute atomic E-state index is 12.9. The van der Waals surface area contributed by atoms with E-state index in [4.69, 9.17) is 16.4 Å². The molecule has 0 fully saturated rings. The molecule has 27 heavy (non-hydrogen) atoms. The Kier molecular flexibility index (Phi) is 4.48. The molecule has 1 N–H and O–H groups in total. The van der Waals surface area contributed by atoms with Crippen LogP contribution in [0.25, 0.3) is 22.2 Å². The first-order valence-electron chi connectivity index (χ1n) is 8.21. The lowest BCUT2D eigenvalue weighted by molar-refractivity contribution is 0.168. The van der Waals surface area contributed by atoms with Gasteiger partial charge in [0.15, 0.2) is 5.65 Å². The Morgan fingerprint density at radius 2 is 1.78 bits per heavy atom. The molecule has 0 saturated carbocycles. The largest absolute Gasteiger partial charge is 0.412 e. The molecule has 0 amide bonds. The van der Waals surface area contributed by atoms with Gasteiger partial charge in [0, 0.05) is 27.9 Å². The van der Waals surface area contributed by atoms with Crippen molar-refractivity contribution >= 4 is 34.3 Å². The van der Waals surface area contributed by atoms with Crippen LogP contribution in [-0.4, -0.2) is 21.8 Å². The quantitative estimate of drug-likeness (QED) is 0.583. The van der Waals surface area contributed by atoms with Crippen LogP contribution in [-0.2, 0) is 0 Å². The van der Waals surface area contributed by atoms with Crippen molar-refractivity contribution in [3.05, 3.63) is 82.2 Å². The van der Waals surface area contributed by atoms with E-state index in [1.165, 1.54) is 7.11 Å². The predicted octanol–water partition coefficient (Wildman–Crippen LogP) is 3.91. The highest BCUT2D eigenvalue weighted by atomic mass is 35.5. The molecule has 6 nitrogen and oxygen atoms in total. The van der Waals surface area contributed by atoms with E-state index in [-0.39, 0.29) is 5.56 Å². The van der Waals surface area contributed by atoms with Crippen LogP contribution in [0, 0.1) is 0 Å². The number of rotatable bonds is 4. The summed E-state index contributed by atoms with van der Waals surface area (Å²) in [6.45, 7) is 0. The molecule has 0 aliphatic carbocycles. The topological polar surface area (TPSA) is 69.0 Å². The fourth-order valence-corrected chi connectivity index (χ4v) is 3.06. The third-order valence-corrected chi connectivity index (χ3v) is 4.41. The molecule has 7 heteroatoms. The average Bonchev–Trinajstić information content (AvgIpc) is 2.69. The molecule has 0 aliphatic rings. The summed E-state index contributed by atoms with van der Waals surface area (Å²) < 4.78 is 1.14. The van der Waals surface area contributed by atoms with E-state index in [2.05, 4.69) is 15.3 Å². The zero-order chi connectivity index (χ0) is 18.8. The second-order valence-electron chi connectivity index (χ2n) is 5.78. The minimum atomic E-state index is -0.345. The fraction of sp³-hybridized carbons (Fsp3) is 0.0500. The van der Waals surface area contributed by atoms with E-state index in [9.17, 15) is 4.79 Å². The molecule has 0 saturated heterocycles. The molecule has 4 rings (SSSR count). The Morgan fingerprint density at radius 3 is 2.52 bits per heavy atom. The van der Waals surface area contributed by atoms with E-state index in [1.54, 1.807) is 24.4 Å². The molecule has 0 atom stereocenters. The number of pyridine rings is 1. The Balaban J connectivity index is 1.87. The van der Waals surface area contributed by atoms with E-state index >= 15 is 0 Å². The van der Waals surface area contributed by atoms with Gasteiger partial charge in [0.25, 0.3) is 5.56 Å². The van der Waals surface area contributed by atoms with Gasteiger partial charge in [-0.05, 0) is 24.3 Å². The number of nitrogens with one attached hydrogen (secondary N) is 1. The van der Waals surface area contributed by atoms with Gasteiger partial charge in [-0.1, -0.05) is 48.0 Å². The van der Waals surface area contributed by atoms with Crippen LogP contribution < -0.4 is 15.7 Å². The van der Waals surface area contributed by atoms with Gasteiger partial charge in [0.05, 0.1) is 5.56 Å². The standard InChI is InChI=1S/C20H15ClN4O2/c1-27-25-18-13(11-16(19(25)26)15-9-5-6-10-17(15)21)12-22-20(24-18)23-14-7-3-2-4-8-14/h2-12H,1H3,(H,22,23,24). The summed E-state index contributed by atoms with van der Waals surface area (Å²) in [5.41, 5.74) is 1.91. The van der Waals surface area contributed by atoms with Crippen molar-refractivity contribution in [2.24, 2.45) is 0 Å². The smallest absolute Gasteiger partial charge is 0.293 e. The van der Waals surface area contributed by atoms with Crippen molar-refractivity contribution in [2.45, 2.75) is 0 Å². The Bertz CT molecular complexity index is 1180. The summed E-state index contributed by atoms with van der Waals surface area (Å²) in [5, 5.41) is 4.25. The van der Waals surface area contributed by atoms with Crippen LogP contribution >= 0.6 is 11.6 Å². The number of hydrogen-bond acceptors (Lipinski definition) is 5. The third-order valence-electron chi connectivity index (χ3n) is 4.08. The normalized spacial score (nSPS) is 10.7. The van der Waals surface area contributed by atoms with Gasteiger partial charge in [-0.15, -0.1) is 4.73 Å². The van der Waals surface area contributed by atoms with Gasteiger partial charge in [-0.2, -0.15) is 4.98 Å². The zero-order valence-electron chi connectivity index (χ0n) is 14.4. The molecule has 134 valence electrons. The molecule has 0 unspecified atom stereocenters.